The van der Waals surface area contributed by atoms with Crippen LogP contribution in [0.3, 0.4) is 0 Å². The second kappa shape index (κ2) is 3.75. The molecule has 0 amide bonds. The lowest BCUT2D eigenvalue weighted by molar-refractivity contribution is 0.417. The standard InChI is InChI=1S/C20H20/c1-2-5-16-15(4-1)12-18-17(16)6-3-7-19(18)20-10-8-14(13-20)9-11-20/h1-7,14H,8-13H2. The lowest BCUT2D eigenvalue weighted by Gasteiger charge is -2.29. The van der Waals surface area contributed by atoms with E-state index in [0.717, 1.165) is 12.3 Å². The minimum Gasteiger partial charge on any atom is -0.0619 e. The summed E-state index contributed by atoms with van der Waals surface area (Å²) >= 11 is 0. The average molecular weight is 260 g/mol. The van der Waals surface area contributed by atoms with Gasteiger partial charge in [0, 0.05) is 0 Å². The zero-order valence-electron chi connectivity index (χ0n) is 11.9. The Bertz CT molecular complexity index is 687. The molecule has 2 bridgehead atoms. The molecule has 0 spiro atoms. The highest BCUT2D eigenvalue weighted by molar-refractivity contribution is 5.78. The quantitative estimate of drug-likeness (QED) is 0.571. The minimum atomic E-state index is 0.540. The summed E-state index contributed by atoms with van der Waals surface area (Å²) in [7, 11) is 0. The van der Waals surface area contributed by atoms with Crippen LogP contribution < -0.4 is 0 Å². The Morgan fingerprint density at radius 2 is 1.65 bits per heavy atom. The van der Waals surface area contributed by atoms with Crippen LogP contribution in [0.5, 0.6) is 0 Å². The van der Waals surface area contributed by atoms with Gasteiger partial charge in [-0.25, -0.2) is 0 Å². The van der Waals surface area contributed by atoms with E-state index in [-0.39, 0.29) is 0 Å². The van der Waals surface area contributed by atoms with Crippen LogP contribution in [0.2, 0.25) is 0 Å². The Balaban J connectivity index is 1.71. The van der Waals surface area contributed by atoms with Crippen molar-refractivity contribution in [2.75, 3.05) is 0 Å². The number of benzene rings is 2. The monoisotopic (exact) mass is 260 g/mol. The Hall–Kier alpha value is -1.56. The van der Waals surface area contributed by atoms with Crippen molar-refractivity contribution in [2.24, 2.45) is 5.92 Å². The Morgan fingerprint density at radius 1 is 0.850 bits per heavy atom. The second-order valence-corrected chi connectivity index (χ2v) is 7.09. The molecule has 0 unspecified atom stereocenters. The fourth-order valence-electron chi connectivity index (χ4n) is 5.22. The molecule has 0 nitrogen and oxygen atoms in total. The molecular weight excluding hydrogens is 240 g/mol. The summed E-state index contributed by atoms with van der Waals surface area (Å²) in [5, 5.41) is 0. The predicted octanol–water partition coefficient (Wildman–Crippen LogP) is 5.09. The van der Waals surface area contributed by atoms with Crippen molar-refractivity contribution in [1.82, 2.24) is 0 Å². The van der Waals surface area contributed by atoms with Crippen LogP contribution in [0, 0.1) is 5.92 Å². The van der Waals surface area contributed by atoms with Gasteiger partial charge in [0.2, 0.25) is 0 Å². The smallest absolute Gasteiger partial charge is 0.00105 e. The van der Waals surface area contributed by atoms with Crippen LogP contribution in [0.15, 0.2) is 42.5 Å². The summed E-state index contributed by atoms with van der Waals surface area (Å²) in [5.41, 5.74) is 8.41. The summed E-state index contributed by atoms with van der Waals surface area (Å²) < 4.78 is 0. The maximum absolute atomic E-state index is 2.44. The van der Waals surface area contributed by atoms with E-state index in [9.17, 15) is 0 Å². The zero-order valence-corrected chi connectivity index (χ0v) is 11.9. The number of hydrogen-bond acceptors (Lipinski definition) is 0. The summed E-state index contributed by atoms with van der Waals surface area (Å²) in [5.74, 6) is 1.02. The van der Waals surface area contributed by atoms with Crippen LogP contribution in [0.4, 0.5) is 0 Å². The van der Waals surface area contributed by atoms with Crippen molar-refractivity contribution in [3.63, 3.8) is 0 Å². The van der Waals surface area contributed by atoms with E-state index in [2.05, 4.69) is 42.5 Å². The van der Waals surface area contributed by atoms with Crippen LogP contribution in [0.1, 0.15) is 48.8 Å². The Labute approximate surface area is 120 Å². The summed E-state index contributed by atoms with van der Waals surface area (Å²) in [6.45, 7) is 0. The van der Waals surface area contributed by atoms with Gasteiger partial charge in [-0.2, -0.15) is 0 Å². The van der Waals surface area contributed by atoms with Crippen molar-refractivity contribution in [3.05, 3.63) is 59.2 Å². The van der Waals surface area contributed by atoms with Gasteiger partial charge in [0.15, 0.2) is 0 Å². The molecule has 0 atom stereocenters. The van der Waals surface area contributed by atoms with Crippen molar-refractivity contribution in [1.29, 1.82) is 0 Å². The van der Waals surface area contributed by atoms with Gasteiger partial charge in [0.1, 0.15) is 0 Å². The van der Waals surface area contributed by atoms with Gasteiger partial charge < -0.3 is 0 Å². The molecule has 0 N–H and O–H groups in total. The van der Waals surface area contributed by atoms with Gasteiger partial charge in [-0.15, -0.1) is 0 Å². The van der Waals surface area contributed by atoms with Gasteiger partial charge in [0.25, 0.3) is 0 Å². The highest BCUT2D eigenvalue weighted by Gasteiger charge is 2.47. The first-order valence-corrected chi connectivity index (χ1v) is 8.06. The van der Waals surface area contributed by atoms with Gasteiger partial charge in [-0.05, 0) is 77.7 Å². The van der Waals surface area contributed by atoms with Gasteiger partial charge >= 0.3 is 0 Å². The van der Waals surface area contributed by atoms with E-state index in [1.807, 2.05) is 0 Å². The SMILES string of the molecule is c1ccc2c(c1)Cc1c-2cccc1C12CCC(CC1)C2. The Kier molecular flexibility index (Phi) is 2.09. The lowest BCUT2D eigenvalue weighted by atomic mass is 9.75. The highest BCUT2D eigenvalue weighted by atomic mass is 14.5. The van der Waals surface area contributed by atoms with Crippen molar-refractivity contribution in [2.45, 2.75) is 43.9 Å². The van der Waals surface area contributed by atoms with E-state index >= 15 is 0 Å². The number of rotatable bonds is 1. The molecule has 2 aromatic carbocycles. The Morgan fingerprint density at radius 3 is 2.45 bits per heavy atom. The third-order valence-electron chi connectivity index (χ3n) is 6.16. The van der Waals surface area contributed by atoms with E-state index in [1.165, 1.54) is 48.8 Å². The molecule has 0 heteroatoms. The molecule has 0 aromatic heterocycles. The topological polar surface area (TPSA) is 0 Å². The third-order valence-corrected chi connectivity index (χ3v) is 6.16. The highest BCUT2D eigenvalue weighted by Crippen LogP contribution is 2.57. The van der Waals surface area contributed by atoms with E-state index in [0.29, 0.717) is 5.41 Å². The minimum absolute atomic E-state index is 0.540. The van der Waals surface area contributed by atoms with Gasteiger partial charge in [-0.3, -0.25) is 0 Å². The van der Waals surface area contributed by atoms with Crippen LogP contribution >= 0.6 is 0 Å². The molecule has 3 aliphatic rings. The molecular formula is C20H20. The van der Waals surface area contributed by atoms with Crippen molar-refractivity contribution >= 4 is 0 Å². The summed E-state index contributed by atoms with van der Waals surface area (Å²) in [6.07, 6.45) is 8.43. The van der Waals surface area contributed by atoms with E-state index in [1.54, 1.807) is 11.1 Å². The van der Waals surface area contributed by atoms with Crippen molar-refractivity contribution in [3.8, 4) is 11.1 Å². The van der Waals surface area contributed by atoms with Crippen LogP contribution in [0.25, 0.3) is 11.1 Å². The molecule has 0 saturated heterocycles. The molecule has 2 saturated carbocycles. The first-order chi connectivity index (χ1) is 9.86. The summed E-state index contributed by atoms with van der Waals surface area (Å²) in [4.78, 5) is 0. The van der Waals surface area contributed by atoms with E-state index in [4.69, 9.17) is 0 Å². The predicted molar refractivity (Wildman–Crippen MR) is 82.9 cm³/mol. The van der Waals surface area contributed by atoms with Gasteiger partial charge in [-0.1, -0.05) is 42.5 Å². The first kappa shape index (κ1) is 11.1. The molecule has 0 radical (unpaired) electrons. The molecule has 100 valence electrons. The normalized spacial score (nSPS) is 29.5. The number of fused-ring (bicyclic) bond motifs is 5. The largest absolute Gasteiger partial charge is 0.0619 e. The molecule has 3 aliphatic carbocycles. The van der Waals surface area contributed by atoms with Gasteiger partial charge in [0.05, 0.1) is 0 Å². The average Bonchev–Trinajstić information content (AvgIpc) is 3.19. The third kappa shape index (κ3) is 1.32. The first-order valence-electron chi connectivity index (χ1n) is 8.06. The molecule has 20 heavy (non-hydrogen) atoms. The van der Waals surface area contributed by atoms with Crippen molar-refractivity contribution < 1.29 is 0 Å². The molecule has 0 aliphatic heterocycles. The molecule has 5 rings (SSSR count). The summed E-state index contributed by atoms with van der Waals surface area (Å²) in [6, 6.07) is 16.1. The second-order valence-electron chi connectivity index (χ2n) is 7.09. The lowest BCUT2D eigenvalue weighted by Crippen LogP contribution is -2.21. The van der Waals surface area contributed by atoms with Crippen LogP contribution in [-0.2, 0) is 11.8 Å². The maximum atomic E-state index is 2.44. The number of hydrogen-bond donors (Lipinski definition) is 0. The molecule has 2 fully saturated rings. The maximum Gasteiger partial charge on any atom is -0.00105 e. The fraction of sp³-hybridized carbons (Fsp3) is 0.400. The van der Waals surface area contributed by atoms with Crippen LogP contribution in [-0.4, -0.2) is 0 Å². The molecule has 0 heterocycles. The van der Waals surface area contributed by atoms with E-state index < -0.39 is 0 Å². The zero-order chi connectivity index (χ0) is 13.2. The molecule has 2 aromatic rings. The fourth-order valence-corrected chi connectivity index (χ4v) is 5.22.